The zero-order valence-electron chi connectivity index (χ0n) is 20.3. The van der Waals surface area contributed by atoms with Gasteiger partial charge in [-0.25, -0.2) is 9.37 Å². The van der Waals surface area contributed by atoms with Crippen molar-refractivity contribution in [1.29, 1.82) is 0 Å². The molecule has 1 N–H and O–H groups in total. The number of imidazole rings is 1. The minimum absolute atomic E-state index is 0.181. The number of hydrogen-bond acceptors (Lipinski definition) is 2. The van der Waals surface area contributed by atoms with Crippen LogP contribution in [0.15, 0.2) is 54.6 Å². The van der Waals surface area contributed by atoms with Gasteiger partial charge in [0.15, 0.2) is 0 Å². The lowest BCUT2D eigenvalue weighted by Crippen LogP contribution is -2.17. The molecule has 3 aliphatic carbocycles. The number of halogens is 1. The van der Waals surface area contributed by atoms with E-state index in [0.717, 1.165) is 23.7 Å². The number of aliphatic hydroxyl groups excluding tert-OH is 1. The van der Waals surface area contributed by atoms with E-state index in [-0.39, 0.29) is 5.82 Å². The Morgan fingerprint density at radius 3 is 2.00 bits per heavy atom. The van der Waals surface area contributed by atoms with Crippen LogP contribution in [0.5, 0.6) is 0 Å². The summed E-state index contributed by atoms with van der Waals surface area (Å²) in [5.74, 6) is 3.76. The quantitative estimate of drug-likeness (QED) is 0.421. The number of aliphatic hydroxyl groups is 1. The van der Waals surface area contributed by atoms with Crippen molar-refractivity contribution in [2.45, 2.75) is 76.7 Å². The molecule has 0 aliphatic heterocycles. The number of hydrogen-bond donors (Lipinski definition) is 1. The molecule has 0 radical (unpaired) electrons. The second kappa shape index (κ2) is 10.4. The topological polar surface area (TPSA) is 38.0 Å². The fourth-order valence-corrected chi connectivity index (χ4v) is 5.33. The average molecular weight is 461 g/mol. The Kier molecular flexibility index (Phi) is 7.15. The van der Waals surface area contributed by atoms with Crippen molar-refractivity contribution >= 4 is 0 Å². The van der Waals surface area contributed by atoms with Crippen LogP contribution in [-0.4, -0.2) is 21.3 Å². The highest BCUT2D eigenvalue weighted by atomic mass is 19.1. The largest absolute Gasteiger partial charge is 0.396 e. The van der Waals surface area contributed by atoms with Crippen LogP contribution >= 0.6 is 0 Å². The minimum Gasteiger partial charge on any atom is -0.396 e. The zero-order valence-corrected chi connectivity index (χ0v) is 20.3. The second-order valence-electron chi connectivity index (χ2n) is 10.6. The third kappa shape index (κ3) is 5.60. The molecule has 3 aromatic rings. The van der Waals surface area contributed by atoms with E-state index in [1.807, 2.05) is 12.1 Å². The van der Waals surface area contributed by atoms with Gasteiger partial charge < -0.3 is 9.67 Å². The van der Waals surface area contributed by atoms with Gasteiger partial charge in [0.1, 0.15) is 11.6 Å². The molecule has 1 heterocycles. The fraction of sp³-hybridized carbons (Fsp3) is 0.500. The van der Waals surface area contributed by atoms with Crippen molar-refractivity contribution in [3.63, 3.8) is 0 Å². The smallest absolute Gasteiger partial charge is 0.123 e. The first-order valence-electron chi connectivity index (χ1n) is 13.1. The van der Waals surface area contributed by atoms with E-state index in [2.05, 4.69) is 41.8 Å². The van der Waals surface area contributed by atoms with E-state index in [0.29, 0.717) is 24.4 Å². The van der Waals surface area contributed by atoms with Gasteiger partial charge in [-0.15, -0.1) is 0 Å². The molecule has 3 fully saturated rings. The molecule has 3 saturated carbocycles. The second-order valence-corrected chi connectivity index (χ2v) is 10.6. The molecule has 0 bridgehead atoms. The molecule has 34 heavy (non-hydrogen) atoms. The van der Waals surface area contributed by atoms with Crippen LogP contribution in [0.3, 0.4) is 0 Å². The van der Waals surface area contributed by atoms with Crippen LogP contribution in [-0.2, 0) is 6.54 Å². The fourth-order valence-electron chi connectivity index (χ4n) is 5.33. The highest BCUT2D eigenvalue weighted by molar-refractivity contribution is 5.63. The summed E-state index contributed by atoms with van der Waals surface area (Å²) < 4.78 is 16.0. The van der Waals surface area contributed by atoms with Crippen LogP contribution < -0.4 is 0 Å². The van der Waals surface area contributed by atoms with Gasteiger partial charge in [-0.2, -0.15) is 0 Å². The highest BCUT2D eigenvalue weighted by Crippen LogP contribution is 2.43. The molecule has 6 rings (SSSR count). The zero-order chi connectivity index (χ0) is 23.5. The molecular formula is C30H37FN2O. The number of rotatable bonds is 6. The molecule has 2 aromatic carbocycles. The molecule has 0 amide bonds. The first-order chi connectivity index (χ1) is 16.6. The standard InChI is InChI=1S/C26H29FN2.C4H8O/c1-18-25(22-13-15-24(27)16-14-22)29(17-19-7-8-19)26(28-18)23-11-9-21(10-12-23)20-5-3-2-4-6-20;5-3-4-1-2-4/h2-6,13-16,19,21,23H,7-12,17H2,1H3;4-5H,1-3H2. The van der Waals surface area contributed by atoms with Gasteiger partial charge >= 0.3 is 0 Å². The molecule has 0 atom stereocenters. The summed E-state index contributed by atoms with van der Waals surface area (Å²) in [4.78, 5) is 5.08. The molecule has 3 nitrogen and oxygen atoms in total. The van der Waals surface area contributed by atoms with Crippen LogP contribution in [0.1, 0.15) is 80.3 Å². The monoisotopic (exact) mass is 460 g/mol. The molecule has 0 spiro atoms. The molecule has 180 valence electrons. The van der Waals surface area contributed by atoms with E-state index < -0.39 is 0 Å². The summed E-state index contributed by atoms with van der Waals surface area (Å²) in [6.45, 7) is 3.59. The summed E-state index contributed by atoms with van der Waals surface area (Å²) in [5, 5.41) is 8.21. The van der Waals surface area contributed by atoms with E-state index in [1.54, 1.807) is 12.1 Å². The summed E-state index contributed by atoms with van der Waals surface area (Å²) in [5.41, 5.74) is 4.84. The van der Waals surface area contributed by atoms with Crippen LogP contribution in [0.25, 0.3) is 11.3 Å². The van der Waals surface area contributed by atoms with Gasteiger partial charge in [-0.05, 0) is 106 Å². The maximum absolute atomic E-state index is 13.5. The van der Waals surface area contributed by atoms with Crippen molar-refractivity contribution in [1.82, 2.24) is 9.55 Å². The van der Waals surface area contributed by atoms with Crippen LogP contribution in [0.2, 0.25) is 0 Å². The lowest BCUT2D eigenvalue weighted by molar-refractivity contribution is 0.277. The van der Waals surface area contributed by atoms with E-state index in [1.165, 1.54) is 68.4 Å². The Morgan fingerprint density at radius 2 is 1.44 bits per heavy atom. The molecule has 1 aromatic heterocycles. The van der Waals surface area contributed by atoms with E-state index in [9.17, 15) is 4.39 Å². The maximum atomic E-state index is 13.5. The SMILES string of the molecule is Cc1nc(C2CCC(c3ccccc3)CC2)n(CC2CC2)c1-c1ccc(F)cc1.OCC1CC1. The summed E-state index contributed by atoms with van der Waals surface area (Å²) in [6, 6.07) is 17.9. The Bertz CT molecular complexity index is 1060. The Labute approximate surface area is 203 Å². The number of benzene rings is 2. The highest BCUT2D eigenvalue weighted by Gasteiger charge is 2.31. The molecule has 0 saturated heterocycles. The van der Waals surface area contributed by atoms with Gasteiger partial charge in [-0.3, -0.25) is 0 Å². The molecule has 0 unspecified atom stereocenters. The predicted octanol–water partition coefficient (Wildman–Crippen LogP) is 7.24. The van der Waals surface area contributed by atoms with Gasteiger partial charge in [0.2, 0.25) is 0 Å². The lowest BCUT2D eigenvalue weighted by atomic mass is 9.78. The summed E-state index contributed by atoms with van der Waals surface area (Å²) >= 11 is 0. The lowest BCUT2D eigenvalue weighted by Gasteiger charge is -2.29. The third-order valence-corrected chi connectivity index (χ3v) is 7.75. The van der Waals surface area contributed by atoms with Crippen molar-refractivity contribution in [2.75, 3.05) is 6.61 Å². The first-order valence-corrected chi connectivity index (χ1v) is 13.1. The van der Waals surface area contributed by atoms with Crippen LogP contribution in [0.4, 0.5) is 4.39 Å². The molecular weight excluding hydrogens is 423 g/mol. The molecule has 4 heteroatoms. The van der Waals surface area contributed by atoms with Crippen molar-refractivity contribution < 1.29 is 9.50 Å². The Morgan fingerprint density at radius 1 is 0.824 bits per heavy atom. The van der Waals surface area contributed by atoms with Gasteiger partial charge in [0.05, 0.1) is 11.4 Å². The van der Waals surface area contributed by atoms with E-state index >= 15 is 0 Å². The van der Waals surface area contributed by atoms with Crippen LogP contribution in [0, 0.1) is 24.6 Å². The number of aryl methyl sites for hydroxylation is 1. The first kappa shape index (κ1) is 23.3. The number of aromatic nitrogens is 2. The normalized spacial score (nSPS) is 22.2. The Hall–Kier alpha value is -2.46. The van der Waals surface area contributed by atoms with Crippen molar-refractivity contribution in [3.8, 4) is 11.3 Å². The van der Waals surface area contributed by atoms with Gasteiger partial charge in [0, 0.05) is 24.6 Å². The predicted molar refractivity (Wildman–Crippen MR) is 135 cm³/mol. The minimum atomic E-state index is -0.181. The Balaban J connectivity index is 0.000000429. The molecule has 3 aliphatic rings. The third-order valence-electron chi connectivity index (χ3n) is 7.75. The number of nitrogens with zero attached hydrogens (tertiary/aromatic N) is 2. The van der Waals surface area contributed by atoms with Crippen molar-refractivity contribution in [2.24, 2.45) is 11.8 Å². The van der Waals surface area contributed by atoms with E-state index in [4.69, 9.17) is 10.1 Å². The summed E-state index contributed by atoms with van der Waals surface area (Å²) in [7, 11) is 0. The summed E-state index contributed by atoms with van der Waals surface area (Å²) in [6.07, 6.45) is 10.0. The van der Waals surface area contributed by atoms with Crippen molar-refractivity contribution in [3.05, 3.63) is 77.5 Å². The average Bonchev–Trinajstić information content (AvgIpc) is 3.80. The van der Waals surface area contributed by atoms with Gasteiger partial charge in [-0.1, -0.05) is 30.3 Å². The maximum Gasteiger partial charge on any atom is 0.123 e. The van der Waals surface area contributed by atoms with Gasteiger partial charge in [0.25, 0.3) is 0 Å².